The molecule has 0 radical (unpaired) electrons. The van der Waals surface area contributed by atoms with Gasteiger partial charge in [-0.3, -0.25) is 14.5 Å². The smallest absolute Gasteiger partial charge is 0.238 e. The number of nitrogens with zero attached hydrogens (tertiary/aromatic N) is 2. The number of carbonyl (C=O) groups excluding carboxylic acids is 2. The quantitative estimate of drug-likeness (QED) is 0.747. The molecular weight excluding hydrogens is 354 g/mol. The van der Waals surface area contributed by atoms with Gasteiger partial charge in [0.2, 0.25) is 5.91 Å². The Kier molecular flexibility index (Phi) is 6.31. The van der Waals surface area contributed by atoms with Gasteiger partial charge in [0, 0.05) is 24.3 Å². The van der Waals surface area contributed by atoms with Crippen LogP contribution in [-0.2, 0) is 4.79 Å². The topological polar surface area (TPSA) is 61.9 Å². The zero-order valence-corrected chi connectivity index (χ0v) is 16.6. The Morgan fingerprint density at radius 3 is 2.75 bits per heavy atom. The third-order valence-corrected chi connectivity index (χ3v) is 4.79. The summed E-state index contributed by atoms with van der Waals surface area (Å²) in [5.41, 5.74) is 2.33. The number of carbonyl (C=O) groups is 2. The van der Waals surface area contributed by atoms with Crippen LogP contribution in [0.15, 0.2) is 48.5 Å². The SMILES string of the molecule is CCN1CC(CN(C)CC(=O)Nc2cccc(C(C)=O)c2)Oc2ccccc21. The van der Waals surface area contributed by atoms with Gasteiger partial charge in [0.05, 0.1) is 18.8 Å². The first kappa shape index (κ1) is 19.9. The Morgan fingerprint density at radius 1 is 1.21 bits per heavy atom. The summed E-state index contributed by atoms with van der Waals surface area (Å²) in [5, 5.41) is 2.86. The Labute approximate surface area is 166 Å². The standard InChI is InChI=1S/C22H27N3O3/c1-4-25-14-19(28-21-11-6-5-10-20(21)25)13-24(3)15-22(27)23-18-9-7-8-17(12-18)16(2)26/h5-12,19H,4,13-15H2,1-3H3,(H,23,27). The molecule has 6 nitrogen and oxygen atoms in total. The average Bonchev–Trinajstić information content (AvgIpc) is 2.67. The molecule has 1 N–H and O–H groups in total. The van der Waals surface area contributed by atoms with Gasteiger partial charge in [-0.1, -0.05) is 24.3 Å². The van der Waals surface area contributed by atoms with Gasteiger partial charge in [-0.05, 0) is 45.2 Å². The monoisotopic (exact) mass is 381 g/mol. The van der Waals surface area contributed by atoms with Crippen LogP contribution in [0, 0.1) is 0 Å². The molecule has 3 rings (SSSR count). The normalized spacial score (nSPS) is 15.7. The zero-order valence-electron chi connectivity index (χ0n) is 16.6. The summed E-state index contributed by atoms with van der Waals surface area (Å²) in [5.74, 6) is 0.745. The van der Waals surface area contributed by atoms with Crippen molar-refractivity contribution >= 4 is 23.1 Å². The number of hydrogen-bond acceptors (Lipinski definition) is 5. The zero-order chi connectivity index (χ0) is 20.1. The van der Waals surface area contributed by atoms with Gasteiger partial charge in [-0.15, -0.1) is 0 Å². The van der Waals surface area contributed by atoms with Gasteiger partial charge in [0.1, 0.15) is 11.9 Å². The second-order valence-corrected chi connectivity index (χ2v) is 7.13. The minimum Gasteiger partial charge on any atom is -0.485 e. The summed E-state index contributed by atoms with van der Waals surface area (Å²) in [6.45, 7) is 6.24. The number of Topliss-reactive ketones (excluding diaryl/α,β-unsaturated/α-hetero) is 1. The van der Waals surface area contributed by atoms with Crippen molar-refractivity contribution in [2.75, 3.05) is 43.4 Å². The second-order valence-electron chi connectivity index (χ2n) is 7.13. The van der Waals surface area contributed by atoms with E-state index in [0.717, 1.165) is 24.5 Å². The maximum atomic E-state index is 12.4. The summed E-state index contributed by atoms with van der Waals surface area (Å²) in [6.07, 6.45) is -0.00584. The number of nitrogens with one attached hydrogen (secondary N) is 1. The minimum absolute atomic E-state index is 0.00584. The molecule has 28 heavy (non-hydrogen) atoms. The van der Waals surface area contributed by atoms with E-state index in [-0.39, 0.29) is 24.3 Å². The van der Waals surface area contributed by atoms with E-state index >= 15 is 0 Å². The number of benzene rings is 2. The first-order valence-corrected chi connectivity index (χ1v) is 9.56. The summed E-state index contributed by atoms with van der Waals surface area (Å²) in [4.78, 5) is 28.1. The number of hydrogen-bond donors (Lipinski definition) is 1. The van der Waals surface area contributed by atoms with Gasteiger partial charge in [-0.2, -0.15) is 0 Å². The van der Waals surface area contributed by atoms with Crippen LogP contribution >= 0.6 is 0 Å². The van der Waals surface area contributed by atoms with Crippen LogP contribution in [-0.4, -0.2) is 55.9 Å². The van der Waals surface area contributed by atoms with Gasteiger partial charge >= 0.3 is 0 Å². The molecule has 0 saturated carbocycles. The number of para-hydroxylation sites is 2. The third-order valence-electron chi connectivity index (χ3n) is 4.79. The van der Waals surface area contributed by atoms with Crippen molar-refractivity contribution in [1.29, 1.82) is 0 Å². The van der Waals surface area contributed by atoms with Crippen molar-refractivity contribution in [2.24, 2.45) is 0 Å². The highest BCUT2D eigenvalue weighted by molar-refractivity contribution is 5.97. The number of likely N-dealkylation sites (N-methyl/N-ethyl adjacent to an activating group) is 2. The lowest BCUT2D eigenvalue weighted by atomic mass is 10.1. The first-order valence-electron chi connectivity index (χ1n) is 9.56. The maximum absolute atomic E-state index is 12.4. The first-order chi connectivity index (χ1) is 13.5. The predicted molar refractivity (Wildman–Crippen MR) is 111 cm³/mol. The van der Waals surface area contributed by atoms with Crippen LogP contribution in [0.1, 0.15) is 24.2 Å². The largest absolute Gasteiger partial charge is 0.485 e. The average molecular weight is 381 g/mol. The molecule has 0 aromatic heterocycles. The Hall–Kier alpha value is -2.86. The molecule has 0 saturated heterocycles. The van der Waals surface area contributed by atoms with E-state index in [9.17, 15) is 9.59 Å². The molecule has 1 heterocycles. The molecule has 1 aliphatic heterocycles. The highest BCUT2D eigenvalue weighted by atomic mass is 16.5. The fourth-order valence-electron chi connectivity index (χ4n) is 3.45. The van der Waals surface area contributed by atoms with E-state index in [2.05, 4.69) is 23.2 Å². The lowest BCUT2D eigenvalue weighted by Crippen LogP contribution is -2.46. The van der Waals surface area contributed by atoms with E-state index in [4.69, 9.17) is 4.74 Å². The van der Waals surface area contributed by atoms with Crippen molar-refractivity contribution in [3.05, 3.63) is 54.1 Å². The van der Waals surface area contributed by atoms with Gasteiger partial charge in [0.15, 0.2) is 5.78 Å². The molecule has 2 aromatic rings. The fraction of sp³-hybridized carbons (Fsp3) is 0.364. The molecule has 0 spiro atoms. The van der Waals surface area contributed by atoms with E-state index in [0.29, 0.717) is 17.8 Å². The predicted octanol–water partition coefficient (Wildman–Crippen LogP) is 3.05. The van der Waals surface area contributed by atoms with Crippen LogP contribution in [0.25, 0.3) is 0 Å². The Bertz CT molecular complexity index is 852. The third kappa shape index (κ3) is 4.89. The molecule has 1 unspecified atom stereocenters. The molecule has 2 aromatic carbocycles. The van der Waals surface area contributed by atoms with Gasteiger partial charge in [0.25, 0.3) is 0 Å². The van der Waals surface area contributed by atoms with Crippen LogP contribution in [0.4, 0.5) is 11.4 Å². The van der Waals surface area contributed by atoms with Crippen LogP contribution in [0.3, 0.4) is 0 Å². The van der Waals surface area contributed by atoms with E-state index in [1.54, 1.807) is 24.3 Å². The van der Waals surface area contributed by atoms with Crippen molar-refractivity contribution in [3.8, 4) is 5.75 Å². The number of amides is 1. The van der Waals surface area contributed by atoms with E-state index in [1.807, 2.05) is 30.1 Å². The molecule has 1 amide bonds. The maximum Gasteiger partial charge on any atom is 0.238 e. The molecule has 1 atom stereocenters. The van der Waals surface area contributed by atoms with E-state index in [1.165, 1.54) is 6.92 Å². The number of rotatable bonds is 7. The second kappa shape index (κ2) is 8.89. The lowest BCUT2D eigenvalue weighted by Gasteiger charge is -2.37. The van der Waals surface area contributed by atoms with Crippen LogP contribution in [0.5, 0.6) is 5.75 Å². The fourth-order valence-corrected chi connectivity index (χ4v) is 3.45. The molecule has 1 aliphatic rings. The minimum atomic E-state index is -0.119. The van der Waals surface area contributed by atoms with Crippen LogP contribution < -0.4 is 15.0 Å². The van der Waals surface area contributed by atoms with Crippen molar-refractivity contribution in [1.82, 2.24) is 4.90 Å². The van der Waals surface area contributed by atoms with E-state index < -0.39 is 0 Å². The summed E-state index contributed by atoms with van der Waals surface area (Å²) in [6, 6.07) is 15.0. The molecule has 6 heteroatoms. The molecule has 0 fully saturated rings. The highest BCUT2D eigenvalue weighted by Crippen LogP contribution is 2.32. The lowest BCUT2D eigenvalue weighted by molar-refractivity contribution is -0.117. The summed E-state index contributed by atoms with van der Waals surface area (Å²) < 4.78 is 6.12. The van der Waals surface area contributed by atoms with Crippen LogP contribution in [0.2, 0.25) is 0 Å². The highest BCUT2D eigenvalue weighted by Gasteiger charge is 2.25. The number of ether oxygens (including phenoxy) is 1. The van der Waals surface area contributed by atoms with Crippen molar-refractivity contribution in [3.63, 3.8) is 0 Å². The Morgan fingerprint density at radius 2 is 2.00 bits per heavy atom. The molecular formula is C22H27N3O3. The van der Waals surface area contributed by atoms with Crippen molar-refractivity contribution in [2.45, 2.75) is 20.0 Å². The number of ketones is 1. The molecule has 0 aliphatic carbocycles. The number of fused-ring (bicyclic) bond motifs is 1. The molecule has 0 bridgehead atoms. The molecule has 148 valence electrons. The van der Waals surface area contributed by atoms with Gasteiger partial charge in [-0.25, -0.2) is 0 Å². The summed E-state index contributed by atoms with van der Waals surface area (Å²) >= 11 is 0. The van der Waals surface area contributed by atoms with Crippen molar-refractivity contribution < 1.29 is 14.3 Å². The number of anilines is 2. The summed E-state index contributed by atoms with van der Waals surface area (Å²) in [7, 11) is 1.91. The van der Waals surface area contributed by atoms with Gasteiger partial charge < -0.3 is 15.0 Å². The Balaban J connectivity index is 1.55.